The molecule has 1 atom stereocenters. The van der Waals surface area contributed by atoms with Crippen molar-refractivity contribution in [2.75, 3.05) is 10.2 Å². The lowest BCUT2D eigenvalue weighted by atomic mass is 9.82. The van der Waals surface area contributed by atoms with Gasteiger partial charge in [-0.15, -0.1) is 13.0 Å². The Hall–Kier alpha value is -11.8. The second kappa shape index (κ2) is 21.2. The third-order valence-corrected chi connectivity index (χ3v) is 22.9. The quantitative estimate of drug-likeness (QED) is 0.0153. The van der Waals surface area contributed by atoms with Crippen LogP contribution in [0.5, 0.6) is 23.0 Å². The van der Waals surface area contributed by atoms with Crippen LogP contribution in [0.4, 0.5) is 11.4 Å². The minimum absolute atomic E-state index is 0.0305. The fraction of sp³-hybridized carbons (Fsp3) is 0.0139. The van der Waals surface area contributed by atoms with Gasteiger partial charge >= 0.3 is 0 Å². The van der Waals surface area contributed by atoms with Crippen molar-refractivity contribution in [2.45, 2.75) is 25.7 Å². The van der Waals surface area contributed by atoms with Crippen LogP contribution in [0.2, 0.25) is 0 Å². The molecule has 0 fully saturated rings. The first-order valence-electron chi connectivity index (χ1n) is 31.1. The van der Waals surface area contributed by atoms with Crippen LogP contribution < -0.4 is 26.9 Å². The van der Waals surface area contributed by atoms with E-state index < -0.39 is 32.3 Å². The lowest BCUT2D eigenvalue weighted by Crippen LogP contribution is -2.37. The van der Waals surface area contributed by atoms with Gasteiger partial charge in [0.05, 0.1) is 90.9 Å². The number of imidazole rings is 3. The molecule has 14 aromatic carbocycles. The van der Waals surface area contributed by atoms with Gasteiger partial charge in [-0.05, 0) is 143 Å². The summed E-state index contributed by atoms with van der Waals surface area (Å²) in [6.45, 7) is 0. The number of nitrogens with zero attached hydrogens (tertiary/aromatic N) is 7. The van der Waals surface area contributed by atoms with Gasteiger partial charge in [0.1, 0.15) is 46.1 Å². The van der Waals surface area contributed by atoms with Crippen molar-refractivity contribution < 1.29 is 82.1 Å². The summed E-state index contributed by atoms with van der Waals surface area (Å²) in [7, 11) is -4.58. The summed E-state index contributed by atoms with van der Waals surface area (Å²) < 4.78 is 51.5. The number of phenolic OH excluding ortho intramolecular Hbond substituents is 4. The molecular formula is C72H34N8O20S4. The van der Waals surface area contributed by atoms with Gasteiger partial charge in [-0.3, -0.25) is 41.8 Å². The van der Waals surface area contributed by atoms with E-state index in [9.17, 15) is 52.6 Å². The summed E-state index contributed by atoms with van der Waals surface area (Å²) in [5, 5.41) is 98.8. The molecule has 0 saturated carbocycles. The average Bonchev–Trinajstić information content (AvgIpc) is 1.05. The Bertz CT molecular complexity index is 7720. The van der Waals surface area contributed by atoms with E-state index in [0.29, 0.717) is 184 Å². The minimum Gasteiger partial charge on any atom is -0.507 e. The monoisotopic (exact) mass is 1460 g/mol. The molecular weight excluding hydrogens is 1430 g/mol. The second-order valence-electron chi connectivity index (χ2n) is 25.2. The molecule has 0 aliphatic carbocycles. The number of aromatic nitrogens is 6. The third kappa shape index (κ3) is 7.85. The molecule has 22 rings (SSSR count). The Labute approximate surface area is 585 Å². The molecule has 0 radical (unpaired) electrons. The topological polar surface area (TPSA) is 387 Å². The van der Waals surface area contributed by atoms with Gasteiger partial charge < -0.3 is 25.7 Å². The summed E-state index contributed by atoms with van der Waals surface area (Å²) in [4.78, 5) is 74.2. The Balaban J connectivity index is 0.000000134. The fourth-order valence-electron chi connectivity index (χ4n) is 16.5. The molecule has 9 N–H and O–H groups in total. The number of hydrogen-bond donors (Lipinski definition) is 9. The van der Waals surface area contributed by atoms with Crippen molar-refractivity contribution in [3.8, 4) is 23.0 Å². The van der Waals surface area contributed by atoms with Crippen LogP contribution in [0.1, 0.15) is 22.1 Å². The van der Waals surface area contributed by atoms with Crippen molar-refractivity contribution in [1.82, 2.24) is 28.2 Å². The molecule has 20 aromatic rings. The number of anilines is 2. The highest BCUT2D eigenvalue weighted by molar-refractivity contribution is 7.95. The van der Waals surface area contributed by atoms with Gasteiger partial charge in [0.25, 0.3) is 32.7 Å². The summed E-state index contributed by atoms with van der Waals surface area (Å²) in [6, 6.07) is 39.3. The third-order valence-electron chi connectivity index (χ3n) is 20.4. The summed E-state index contributed by atoms with van der Waals surface area (Å²) in [5.74, 6) is -0.692. The van der Waals surface area contributed by atoms with Gasteiger partial charge in [-0.25, -0.2) is 30.7 Å². The number of phenols is 4. The molecule has 104 heavy (non-hydrogen) atoms. The zero-order valence-electron chi connectivity index (χ0n) is 51.7. The van der Waals surface area contributed by atoms with E-state index in [1.54, 1.807) is 108 Å². The van der Waals surface area contributed by atoms with Crippen LogP contribution in [0, 0.1) is 0 Å². The van der Waals surface area contributed by atoms with Gasteiger partial charge in [0.2, 0.25) is 0 Å². The number of amides is 1. The van der Waals surface area contributed by atoms with Gasteiger partial charge in [0.15, 0.2) is 0 Å². The fourth-order valence-corrected chi connectivity index (χ4v) is 18.2. The van der Waals surface area contributed by atoms with Crippen molar-refractivity contribution in [3.05, 3.63) is 188 Å². The van der Waals surface area contributed by atoms with Crippen molar-refractivity contribution in [2.24, 2.45) is 0 Å². The van der Waals surface area contributed by atoms with Crippen LogP contribution in [0.25, 0.3) is 169 Å². The van der Waals surface area contributed by atoms with Crippen LogP contribution in [-0.2, 0) is 38.2 Å². The first-order chi connectivity index (χ1) is 50.4. The lowest BCUT2D eigenvalue weighted by molar-refractivity contribution is -0.432. The zero-order valence-corrected chi connectivity index (χ0v) is 54.9. The van der Waals surface area contributed by atoms with Crippen LogP contribution >= 0.6 is 36.1 Å². The van der Waals surface area contributed by atoms with E-state index in [1.807, 2.05) is 12.1 Å². The van der Waals surface area contributed by atoms with Gasteiger partial charge in [0, 0.05) is 117 Å². The van der Waals surface area contributed by atoms with Crippen LogP contribution in [-0.4, -0.2) is 83.2 Å². The molecule has 6 aromatic heterocycles. The number of carbonyl (C=O) groups is 1. The Morgan fingerprint density at radius 3 is 1.29 bits per heavy atom. The number of pyridine rings is 3. The molecule has 28 nitrogen and oxygen atoms in total. The van der Waals surface area contributed by atoms with E-state index in [1.165, 1.54) is 43.5 Å². The number of aromatic hydroxyl groups is 4. The number of carbonyl (C=O) groups excluding carboxylic acids is 1. The normalized spacial score (nSPS) is 14.2. The van der Waals surface area contributed by atoms with E-state index in [4.69, 9.17) is 25.7 Å². The average molecular weight is 1460 g/mol. The van der Waals surface area contributed by atoms with E-state index in [0.717, 1.165) is 36.1 Å². The van der Waals surface area contributed by atoms with Crippen LogP contribution in [0.15, 0.2) is 180 Å². The van der Waals surface area contributed by atoms with Crippen LogP contribution in [0.3, 0.4) is 0 Å². The zero-order chi connectivity index (χ0) is 70.7. The van der Waals surface area contributed by atoms with Crippen molar-refractivity contribution in [3.63, 3.8) is 0 Å². The SMILES string of the molecule is O=C1c2ccc3c4c(O)cc5c(=O)n6c7cc(SOOO)ccc7nc6c6ccc(c7c(O)cc(c2c37)C2Nc3ccc(SOOO)cc3N12)c4c56.O=c1c2ccc3c4c(O)cc5c6c(ccc(c7c(O)cc(c2c37)c2nc3ccc(SOOO)cc3n12)c46)c(=O)n1c2cc(S(=O)(=O)O)ccc2nc51. The molecule has 1 unspecified atom stereocenters. The van der Waals surface area contributed by atoms with E-state index >= 15 is 0 Å². The molecule has 506 valence electrons. The molecule has 2 aliphatic rings. The first-order valence-corrected chi connectivity index (χ1v) is 34.8. The van der Waals surface area contributed by atoms with Gasteiger partial charge in [-0.2, -0.15) is 8.42 Å². The molecule has 0 spiro atoms. The number of rotatable bonds is 10. The summed E-state index contributed by atoms with van der Waals surface area (Å²) in [5.41, 5.74) is 4.44. The smallest absolute Gasteiger partial charge is 0.294 e. The van der Waals surface area contributed by atoms with Crippen molar-refractivity contribution in [1.29, 1.82) is 0 Å². The van der Waals surface area contributed by atoms with E-state index in [-0.39, 0.29) is 56.4 Å². The minimum atomic E-state index is -4.58. The molecule has 8 heterocycles. The second-order valence-corrected chi connectivity index (χ2v) is 28.9. The Kier molecular flexibility index (Phi) is 12.4. The molecule has 0 saturated heterocycles. The van der Waals surface area contributed by atoms with E-state index in [2.05, 4.69) is 38.4 Å². The molecule has 2 aliphatic heterocycles. The summed E-state index contributed by atoms with van der Waals surface area (Å²) >= 11 is 2.28. The maximum absolute atomic E-state index is 14.3. The highest BCUT2D eigenvalue weighted by Crippen LogP contribution is 2.57. The summed E-state index contributed by atoms with van der Waals surface area (Å²) in [6.07, 6.45) is -0.655. The predicted molar refractivity (Wildman–Crippen MR) is 387 cm³/mol. The lowest BCUT2D eigenvalue weighted by Gasteiger charge is -2.33. The largest absolute Gasteiger partial charge is 0.507 e. The number of hydrogen-bond acceptors (Lipinski definition) is 26. The standard InChI is InChI=1S/C36H18N4O10S2.C36H16N4O10S2/c41-25-11-19-28-18(35(43)40-24-10-14(52-50-48-46)2-8-22(24)38-34(19)40)6-4-16-30-26(42)12-20-27-17(5-3-15(31(27)30)29(25)32(16)28)33-37-21-7-1-13(51-49-47-45)9-23(21)39(33)36(20)44;41-25-11-19-27-17(35(43)39-23-9-13(51-50-49-45)1-7-21(23)37-33(19)39)5-3-15-30-26(42)12-20-28-18(6-4-16(32(28)30)29(25)31(15)27)36(44)40-24-10-14(52(46,47)48)2-8-22(24)38-34(20)40/h1-12,34,38,41-42,45-46H;1-12,41-42,45H,(H,46,47,48). The number of benzene rings is 14. The highest BCUT2D eigenvalue weighted by Gasteiger charge is 2.43. The number of fused-ring (bicyclic) bond motifs is 20. The first kappa shape index (κ1) is 60.9. The maximum Gasteiger partial charge on any atom is 0.294 e. The maximum atomic E-state index is 14.3. The predicted octanol–water partition coefficient (Wildman–Crippen LogP) is 14.2. The molecule has 32 heteroatoms. The Morgan fingerprint density at radius 1 is 0.394 bits per heavy atom. The van der Waals surface area contributed by atoms with Crippen molar-refractivity contribution >= 4 is 232 Å². The van der Waals surface area contributed by atoms with Gasteiger partial charge in [-0.1, -0.05) is 39.4 Å². The molecule has 0 bridgehead atoms. The Morgan fingerprint density at radius 2 is 0.788 bits per heavy atom. The number of nitrogens with one attached hydrogen (secondary N) is 1. The highest BCUT2D eigenvalue weighted by atomic mass is 32.2. The molecule has 1 amide bonds.